The second-order valence-electron chi connectivity index (χ2n) is 8.47. The Morgan fingerprint density at radius 3 is 2.37 bits per heavy atom. The van der Waals surface area contributed by atoms with Crippen LogP contribution in [-0.2, 0) is 9.59 Å². The Morgan fingerprint density at radius 2 is 1.89 bits per heavy atom. The number of halogens is 8. The molecule has 0 bridgehead atoms. The second-order valence-corrected chi connectivity index (χ2v) is 8.85. The fourth-order valence-corrected chi connectivity index (χ4v) is 4.03. The second kappa shape index (κ2) is 12.1. The lowest BCUT2D eigenvalue weighted by Crippen LogP contribution is -2.63. The van der Waals surface area contributed by atoms with Gasteiger partial charge >= 0.3 is 6.36 Å². The van der Waals surface area contributed by atoms with Gasteiger partial charge in [-0.2, -0.15) is 0 Å². The minimum Gasteiger partial charge on any atom is -0.403 e. The van der Waals surface area contributed by atoms with Crippen molar-refractivity contribution in [3.05, 3.63) is 35.8 Å². The van der Waals surface area contributed by atoms with Crippen LogP contribution >= 0.6 is 11.6 Å². The maximum Gasteiger partial charge on any atom is 0.573 e. The van der Waals surface area contributed by atoms with Gasteiger partial charge in [0.25, 0.3) is 17.4 Å². The third-order valence-corrected chi connectivity index (χ3v) is 6.00. The molecule has 0 saturated heterocycles. The molecule has 1 aliphatic rings. The molecule has 0 heterocycles. The summed E-state index contributed by atoms with van der Waals surface area (Å²) in [5.74, 6) is -8.41. The first-order chi connectivity index (χ1) is 17.6. The number of nitrogens with one attached hydrogen (secondary N) is 1. The third-order valence-electron chi connectivity index (χ3n) is 5.81. The van der Waals surface area contributed by atoms with Gasteiger partial charge < -0.3 is 10.1 Å². The lowest BCUT2D eigenvalue weighted by molar-refractivity contribution is -0.275. The van der Waals surface area contributed by atoms with Crippen molar-refractivity contribution in [1.29, 1.82) is 0 Å². The summed E-state index contributed by atoms with van der Waals surface area (Å²) in [7, 11) is 1.28. The van der Waals surface area contributed by atoms with Crippen LogP contribution in [-0.4, -0.2) is 61.3 Å². The number of anilines is 1. The number of rotatable bonds is 9. The number of ether oxygens (including phenoxy) is 1. The normalized spacial score (nSPS) is 18.9. The molecular weight excluding hydrogens is 549 g/mol. The van der Waals surface area contributed by atoms with Gasteiger partial charge in [-0.25, -0.2) is 17.6 Å². The molecule has 0 unspecified atom stereocenters. The molecule has 1 aliphatic carbocycles. The van der Waals surface area contributed by atoms with Crippen LogP contribution in [0.5, 0.6) is 5.75 Å². The molecule has 0 spiro atoms. The summed E-state index contributed by atoms with van der Waals surface area (Å²) in [5, 5.41) is 2.53. The van der Waals surface area contributed by atoms with Crippen molar-refractivity contribution >= 4 is 42.0 Å². The van der Waals surface area contributed by atoms with Crippen LogP contribution in [0.25, 0.3) is 0 Å². The molecule has 0 aliphatic heterocycles. The van der Waals surface area contributed by atoms with Gasteiger partial charge in [0.05, 0.1) is 0 Å². The van der Waals surface area contributed by atoms with Crippen molar-refractivity contribution in [3.8, 4) is 5.75 Å². The minimum atomic E-state index is -5.24. The van der Waals surface area contributed by atoms with E-state index < -0.39 is 71.4 Å². The summed E-state index contributed by atoms with van der Waals surface area (Å²) in [6.45, 7) is 4.36. The SMILES string of the molecule is C=N/C=C(\C=N/C)[C@@](C)(C(=O)NC1CCC(F)(F)CC1)N(C(=O)[C@H](F)Cl)c1ccc(OC(F)(F)F)c(F)c1. The molecule has 1 N–H and O–H groups in total. The highest BCUT2D eigenvalue weighted by Crippen LogP contribution is 2.37. The summed E-state index contributed by atoms with van der Waals surface area (Å²) in [6, 6.07) is 0.930. The van der Waals surface area contributed by atoms with E-state index in [-0.39, 0.29) is 18.4 Å². The number of carbonyl (C=O) groups is 2. The van der Waals surface area contributed by atoms with Crippen LogP contribution in [0.3, 0.4) is 0 Å². The summed E-state index contributed by atoms with van der Waals surface area (Å²) in [4.78, 5) is 34.4. The standard InChI is InChI=1S/C23H24ClF7N4O3/c1-21(13(11-32-2)12-33-3,20(37)34-14-6-8-22(27,28)9-7-14)35(19(36)18(24)26)15-4-5-17(16(25)10-15)38-23(29,30)31/h4-5,10-12,14,18H,2,6-9H2,1,3H3,(H,34,37)/b13-11+,33-12-/t18-,21-/m0/s1. The molecule has 1 saturated carbocycles. The van der Waals surface area contributed by atoms with E-state index in [1.54, 1.807) is 0 Å². The van der Waals surface area contributed by atoms with Crippen LogP contribution in [0.15, 0.2) is 40.0 Å². The number of nitrogens with zero attached hydrogens (tertiary/aromatic N) is 3. The van der Waals surface area contributed by atoms with Gasteiger partial charge in [0, 0.05) is 55.7 Å². The maximum absolute atomic E-state index is 14.6. The van der Waals surface area contributed by atoms with Crippen molar-refractivity contribution in [3.63, 3.8) is 0 Å². The summed E-state index contributed by atoms with van der Waals surface area (Å²) in [6.07, 6.45) is -4.49. The van der Waals surface area contributed by atoms with Gasteiger partial charge in [0.1, 0.15) is 0 Å². The smallest absolute Gasteiger partial charge is 0.403 e. The van der Waals surface area contributed by atoms with E-state index in [4.69, 9.17) is 11.6 Å². The molecule has 7 nitrogen and oxygen atoms in total. The molecule has 0 aromatic heterocycles. The lowest BCUT2D eigenvalue weighted by atomic mass is 9.86. The van der Waals surface area contributed by atoms with Crippen molar-refractivity contribution < 1.29 is 45.1 Å². The Labute approximate surface area is 218 Å². The van der Waals surface area contributed by atoms with Gasteiger partial charge in [-0.3, -0.25) is 24.5 Å². The highest BCUT2D eigenvalue weighted by Gasteiger charge is 2.49. The Morgan fingerprint density at radius 1 is 1.29 bits per heavy atom. The fourth-order valence-electron chi connectivity index (χ4n) is 3.93. The lowest BCUT2D eigenvalue weighted by Gasteiger charge is -2.42. The molecule has 2 atom stereocenters. The zero-order chi connectivity index (χ0) is 28.9. The number of hydrogen-bond acceptors (Lipinski definition) is 5. The van der Waals surface area contributed by atoms with Gasteiger partial charge in [0.15, 0.2) is 17.1 Å². The van der Waals surface area contributed by atoms with Crippen LogP contribution in [0.1, 0.15) is 32.6 Å². The Hall–Kier alpha value is -3.16. The van der Waals surface area contributed by atoms with Gasteiger partial charge in [-0.15, -0.1) is 13.2 Å². The predicted molar refractivity (Wildman–Crippen MR) is 127 cm³/mol. The van der Waals surface area contributed by atoms with Crippen LogP contribution in [0.2, 0.25) is 0 Å². The molecule has 38 heavy (non-hydrogen) atoms. The van der Waals surface area contributed by atoms with E-state index in [2.05, 4.69) is 26.8 Å². The number of amides is 2. The number of aliphatic imine (C=N–C) groups is 2. The van der Waals surface area contributed by atoms with E-state index in [1.165, 1.54) is 7.05 Å². The Balaban J connectivity index is 2.68. The number of carbonyl (C=O) groups excluding carboxylic acids is 2. The van der Waals surface area contributed by atoms with E-state index in [1.807, 2.05) is 0 Å². The first-order valence-corrected chi connectivity index (χ1v) is 11.4. The first kappa shape index (κ1) is 31.1. The Bertz CT molecular complexity index is 1100. The molecule has 1 fully saturated rings. The van der Waals surface area contributed by atoms with E-state index in [9.17, 15) is 40.3 Å². The molecule has 1 aromatic carbocycles. The highest BCUT2D eigenvalue weighted by molar-refractivity contribution is 6.32. The van der Waals surface area contributed by atoms with E-state index >= 15 is 0 Å². The van der Waals surface area contributed by atoms with Gasteiger partial charge in [0.2, 0.25) is 5.92 Å². The highest BCUT2D eigenvalue weighted by atomic mass is 35.5. The van der Waals surface area contributed by atoms with Crippen molar-refractivity contribution in [1.82, 2.24) is 5.32 Å². The number of benzene rings is 1. The number of alkyl halides is 7. The third kappa shape index (κ3) is 7.45. The summed E-state index contributed by atoms with van der Waals surface area (Å²) < 4.78 is 97.4. The zero-order valence-corrected chi connectivity index (χ0v) is 20.9. The maximum atomic E-state index is 14.6. The molecule has 2 amide bonds. The monoisotopic (exact) mass is 572 g/mol. The molecule has 0 radical (unpaired) electrons. The average Bonchev–Trinajstić information content (AvgIpc) is 2.81. The van der Waals surface area contributed by atoms with Gasteiger partial charge in [-0.1, -0.05) is 11.6 Å². The van der Waals surface area contributed by atoms with Crippen molar-refractivity contribution in [2.24, 2.45) is 9.98 Å². The van der Waals surface area contributed by atoms with E-state index in [0.717, 1.165) is 25.4 Å². The molecule has 15 heteroatoms. The molecule has 210 valence electrons. The van der Waals surface area contributed by atoms with Gasteiger partial charge in [-0.05, 0) is 38.6 Å². The van der Waals surface area contributed by atoms with Crippen LogP contribution in [0, 0.1) is 5.82 Å². The molecule has 1 aromatic rings. The Kier molecular flexibility index (Phi) is 9.92. The zero-order valence-electron chi connectivity index (χ0n) is 20.2. The summed E-state index contributed by atoms with van der Waals surface area (Å²) in [5.41, 5.74) is -5.90. The fraction of sp³-hybridized carbons (Fsp3) is 0.478. The average molecular weight is 573 g/mol. The van der Waals surface area contributed by atoms with Crippen LogP contribution in [0.4, 0.5) is 36.4 Å². The summed E-state index contributed by atoms with van der Waals surface area (Å²) >= 11 is 5.39. The van der Waals surface area contributed by atoms with Crippen molar-refractivity contribution in [2.45, 2.75) is 62.1 Å². The molecule has 2 rings (SSSR count). The molecular formula is C23H24ClF7N4O3. The first-order valence-electron chi connectivity index (χ1n) is 11.0. The number of hydrogen-bond donors (Lipinski definition) is 1. The topological polar surface area (TPSA) is 83.4 Å². The minimum absolute atomic E-state index is 0.122. The van der Waals surface area contributed by atoms with E-state index in [0.29, 0.717) is 17.0 Å². The van der Waals surface area contributed by atoms with Crippen molar-refractivity contribution in [2.75, 3.05) is 11.9 Å². The predicted octanol–water partition coefficient (Wildman–Crippen LogP) is 5.33. The quantitative estimate of drug-likeness (QED) is 0.247. The largest absolute Gasteiger partial charge is 0.573 e. The van der Waals surface area contributed by atoms with Crippen LogP contribution < -0.4 is 15.0 Å².